The van der Waals surface area contributed by atoms with Gasteiger partial charge in [-0.3, -0.25) is 4.79 Å². The highest BCUT2D eigenvalue weighted by atomic mass is 16.5. The van der Waals surface area contributed by atoms with Crippen LogP contribution in [0.2, 0.25) is 0 Å². The Morgan fingerprint density at radius 1 is 1.07 bits per heavy atom. The van der Waals surface area contributed by atoms with Crippen LogP contribution in [-0.2, 0) is 9.53 Å². The monoisotopic (exact) mass is 385 g/mol. The highest BCUT2D eigenvalue weighted by Crippen LogP contribution is 2.18. The minimum Gasteiger partial charge on any atom is -0.497 e. The van der Waals surface area contributed by atoms with Crippen LogP contribution < -0.4 is 14.8 Å². The molecule has 0 aliphatic heterocycles. The molecular formula is C22H27NO5. The number of carbonyl (C=O) groups excluding carboxylic acids is 2. The van der Waals surface area contributed by atoms with Crippen LogP contribution in [-0.4, -0.2) is 32.2 Å². The first-order chi connectivity index (χ1) is 13.5. The third-order valence-electron chi connectivity index (χ3n) is 4.16. The first-order valence-corrected chi connectivity index (χ1v) is 9.36. The summed E-state index contributed by atoms with van der Waals surface area (Å²) >= 11 is 0. The Balaban J connectivity index is 1.80. The number of methoxy groups -OCH3 is 1. The number of nitrogens with one attached hydrogen (secondary N) is 1. The lowest BCUT2D eigenvalue weighted by atomic mass is 10.1. The number of rotatable bonds is 10. The number of hydrogen-bond donors (Lipinski definition) is 1. The van der Waals surface area contributed by atoms with Crippen molar-refractivity contribution in [3.8, 4) is 11.5 Å². The Hall–Kier alpha value is -3.02. The Bertz CT molecular complexity index is 773. The summed E-state index contributed by atoms with van der Waals surface area (Å²) in [5, 5.41) is 2.80. The minimum atomic E-state index is -0.552. The molecule has 0 aromatic heterocycles. The van der Waals surface area contributed by atoms with Crippen LogP contribution in [0.25, 0.3) is 0 Å². The second-order valence-electron chi connectivity index (χ2n) is 6.37. The Kier molecular flexibility index (Phi) is 8.34. The van der Waals surface area contributed by atoms with Crippen LogP contribution in [0.15, 0.2) is 48.5 Å². The van der Waals surface area contributed by atoms with E-state index in [2.05, 4.69) is 12.2 Å². The molecule has 0 spiro atoms. The Morgan fingerprint density at radius 3 is 2.50 bits per heavy atom. The summed E-state index contributed by atoms with van der Waals surface area (Å²) in [6.07, 6.45) is 2.04. The lowest BCUT2D eigenvalue weighted by Crippen LogP contribution is -2.31. The van der Waals surface area contributed by atoms with Gasteiger partial charge in [-0.2, -0.15) is 0 Å². The molecule has 0 saturated carbocycles. The van der Waals surface area contributed by atoms with E-state index >= 15 is 0 Å². The van der Waals surface area contributed by atoms with Gasteiger partial charge in [0.2, 0.25) is 0 Å². The number of hydrogen-bond acceptors (Lipinski definition) is 5. The average molecular weight is 385 g/mol. The minimum absolute atomic E-state index is 0.235. The van der Waals surface area contributed by atoms with Gasteiger partial charge in [-0.1, -0.05) is 25.5 Å². The quantitative estimate of drug-likeness (QED) is 0.496. The van der Waals surface area contributed by atoms with E-state index in [4.69, 9.17) is 14.2 Å². The van der Waals surface area contributed by atoms with Gasteiger partial charge >= 0.3 is 5.97 Å². The number of ether oxygens (including phenoxy) is 3. The Labute approximate surface area is 165 Å². The van der Waals surface area contributed by atoms with Crippen molar-refractivity contribution in [1.29, 1.82) is 0 Å². The molecule has 0 bridgehead atoms. The molecule has 0 heterocycles. The summed E-state index contributed by atoms with van der Waals surface area (Å²) in [5.74, 6) is 0.495. The number of benzene rings is 2. The summed E-state index contributed by atoms with van der Waals surface area (Å²) in [4.78, 5) is 24.2. The molecular weight excluding hydrogens is 358 g/mol. The van der Waals surface area contributed by atoms with Crippen LogP contribution >= 0.6 is 0 Å². The van der Waals surface area contributed by atoms with E-state index in [1.807, 2.05) is 31.2 Å². The van der Waals surface area contributed by atoms with Gasteiger partial charge in [0.25, 0.3) is 5.91 Å². The van der Waals surface area contributed by atoms with E-state index < -0.39 is 5.97 Å². The summed E-state index contributed by atoms with van der Waals surface area (Å²) in [6.45, 7) is 4.25. The average Bonchev–Trinajstić information content (AvgIpc) is 2.72. The molecule has 0 fully saturated rings. The maximum atomic E-state index is 12.1. The third-order valence-corrected chi connectivity index (χ3v) is 4.16. The third kappa shape index (κ3) is 6.61. The fraction of sp³-hybridized carbons (Fsp3) is 0.364. The lowest BCUT2D eigenvalue weighted by molar-refractivity contribution is -0.124. The van der Waals surface area contributed by atoms with Gasteiger partial charge < -0.3 is 19.5 Å². The predicted molar refractivity (Wildman–Crippen MR) is 107 cm³/mol. The second-order valence-corrected chi connectivity index (χ2v) is 6.37. The normalized spacial score (nSPS) is 11.4. The summed E-state index contributed by atoms with van der Waals surface area (Å²) < 4.78 is 15.8. The van der Waals surface area contributed by atoms with Crippen molar-refractivity contribution in [1.82, 2.24) is 5.32 Å². The van der Waals surface area contributed by atoms with Gasteiger partial charge in [0, 0.05) is 0 Å². The fourth-order valence-electron chi connectivity index (χ4n) is 2.51. The lowest BCUT2D eigenvalue weighted by Gasteiger charge is -2.15. The van der Waals surface area contributed by atoms with Crippen molar-refractivity contribution in [2.24, 2.45) is 0 Å². The molecule has 0 aliphatic rings. The molecule has 1 amide bonds. The molecule has 2 rings (SSSR count). The molecule has 0 radical (unpaired) electrons. The zero-order chi connectivity index (χ0) is 20.4. The van der Waals surface area contributed by atoms with Crippen LogP contribution in [0.4, 0.5) is 0 Å². The standard InChI is InChI=1S/C22H27NO5/c1-4-5-13-27-19-11-9-17(10-12-19)22(25)28-15-21(24)23-16(2)18-7-6-8-20(14-18)26-3/h6-12,14,16H,4-5,13,15H2,1-3H3,(H,23,24). The molecule has 1 unspecified atom stereocenters. The number of amides is 1. The van der Waals surface area contributed by atoms with Crippen molar-refractivity contribution in [3.63, 3.8) is 0 Å². The van der Waals surface area contributed by atoms with E-state index in [0.717, 1.165) is 18.4 Å². The van der Waals surface area contributed by atoms with Crippen LogP contribution in [0, 0.1) is 0 Å². The van der Waals surface area contributed by atoms with Gasteiger partial charge in [0.05, 0.1) is 25.3 Å². The van der Waals surface area contributed by atoms with E-state index in [0.29, 0.717) is 23.7 Å². The molecule has 0 saturated heterocycles. The van der Waals surface area contributed by atoms with E-state index in [1.54, 1.807) is 31.4 Å². The molecule has 1 atom stereocenters. The van der Waals surface area contributed by atoms with Gasteiger partial charge in [-0.05, 0) is 55.3 Å². The number of carbonyl (C=O) groups is 2. The first kappa shape index (κ1) is 21.3. The summed E-state index contributed by atoms with van der Waals surface area (Å²) in [7, 11) is 1.59. The fourth-order valence-corrected chi connectivity index (χ4v) is 2.51. The van der Waals surface area contributed by atoms with Crippen molar-refractivity contribution in [3.05, 3.63) is 59.7 Å². The van der Waals surface area contributed by atoms with Crippen molar-refractivity contribution in [2.75, 3.05) is 20.3 Å². The maximum Gasteiger partial charge on any atom is 0.338 e. The topological polar surface area (TPSA) is 73.9 Å². The molecule has 6 nitrogen and oxygen atoms in total. The predicted octanol–water partition coefficient (Wildman–Crippen LogP) is 3.91. The van der Waals surface area contributed by atoms with Crippen molar-refractivity contribution >= 4 is 11.9 Å². The molecule has 2 aromatic carbocycles. The maximum absolute atomic E-state index is 12.1. The van der Waals surface area contributed by atoms with Crippen LogP contribution in [0.5, 0.6) is 11.5 Å². The highest BCUT2D eigenvalue weighted by molar-refractivity contribution is 5.91. The second kappa shape index (κ2) is 11.0. The van der Waals surface area contributed by atoms with Gasteiger partial charge in [0.15, 0.2) is 6.61 Å². The SMILES string of the molecule is CCCCOc1ccc(C(=O)OCC(=O)NC(C)c2cccc(OC)c2)cc1. The molecule has 0 aliphatic carbocycles. The van der Waals surface area contributed by atoms with Crippen LogP contribution in [0.3, 0.4) is 0 Å². The molecule has 6 heteroatoms. The molecule has 2 aromatic rings. The molecule has 28 heavy (non-hydrogen) atoms. The zero-order valence-corrected chi connectivity index (χ0v) is 16.6. The molecule has 150 valence electrons. The van der Waals surface area contributed by atoms with Gasteiger partial charge in [0.1, 0.15) is 11.5 Å². The van der Waals surface area contributed by atoms with E-state index in [-0.39, 0.29) is 18.6 Å². The molecule has 1 N–H and O–H groups in total. The zero-order valence-electron chi connectivity index (χ0n) is 16.6. The smallest absolute Gasteiger partial charge is 0.338 e. The van der Waals surface area contributed by atoms with E-state index in [9.17, 15) is 9.59 Å². The summed E-state index contributed by atoms with van der Waals surface area (Å²) in [6, 6.07) is 13.9. The van der Waals surface area contributed by atoms with Gasteiger partial charge in [-0.15, -0.1) is 0 Å². The first-order valence-electron chi connectivity index (χ1n) is 9.36. The van der Waals surface area contributed by atoms with Crippen molar-refractivity contribution < 1.29 is 23.8 Å². The Morgan fingerprint density at radius 2 is 1.82 bits per heavy atom. The summed E-state index contributed by atoms with van der Waals surface area (Å²) in [5.41, 5.74) is 1.27. The largest absolute Gasteiger partial charge is 0.497 e. The number of esters is 1. The number of unbranched alkanes of at least 4 members (excludes halogenated alkanes) is 1. The van der Waals surface area contributed by atoms with Crippen LogP contribution in [0.1, 0.15) is 48.7 Å². The van der Waals surface area contributed by atoms with Gasteiger partial charge in [-0.25, -0.2) is 4.79 Å². The van der Waals surface area contributed by atoms with Crippen molar-refractivity contribution in [2.45, 2.75) is 32.7 Å². The highest BCUT2D eigenvalue weighted by Gasteiger charge is 2.14. The van der Waals surface area contributed by atoms with E-state index in [1.165, 1.54) is 0 Å².